The van der Waals surface area contributed by atoms with Gasteiger partial charge in [0.1, 0.15) is 0 Å². The van der Waals surface area contributed by atoms with Crippen LogP contribution in [0.1, 0.15) is 31.7 Å². The van der Waals surface area contributed by atoms with E-state index in [4.69, 9.17) is 4.74 Å². The molecule has 36 heavy (non-hydrogen) atoms. The summed E-state index contributed by atoms with van der Waals surface area (Å²) in [6.07, 6.45) is 1.97. The van der Waals surface area contributed by atoms with E-state index < -0.39 is 17.0 Å². The quantitative estimate of drug-likeness (QED) is 0.209. The van der Waals surface area contributed by atoms with Gasteiger partial charge in [-0.15, -0.1) is 10.1 Å². The lowest BCUT2D eigenvalue weighted by atomic mass is 9.79. The Morgan fingerprint density at radius 1 is 1.11 bits per heavy atom. The molecular formula is C27H24N4O5. The number of esters is 1. The van der Waals surface area contributed by atoms with Crippen molar-refractivity contribution < 1.29 is 19.5 Å². The van der Waals surface area contributed by atoms with Gasteiger partial charge in [0.25, 0.3) is 5.09 Å². The number of ether oxygens (including phenoxy) is 1. The Hall–Kier alpha value is -4.71. The summed E-state index contributed by atoms with van der Waals surface area (Å²) in [5.74, 6) is -1.27. The van der Waals surface area contributed by atoms with Gasteiger partial charge in [-0.3, -0.25) is 4.98 Å². The Morgan fingerprint density at radius 2 is 1.89 bits per heavy atom. The smallest absolute Gasteiger partial charge is 0.336 e. The molecule has 1 aliphatic heterocycles. The number of pyridine rings is 1. The van der Waals surface area contributed by atoms with Crippen molar-refractivity contribution in [1.82, 2.24) is 10.3 Å². The first-order valence-corrected chi connectivity index (χ1v) is 11.4. The van der Waals surface area contributed by atoms with Crippen molar-refractivity contribution in [2.75, 3.05) is 13.2 Å². The van der Waals surface area contributed by atoms with Gasteiger partial charge < -0.3 is 14.9 Å². The number of aromatic nitrogens is 1. The summed E-state index contributed by atoms with van der Waals surface area (Å²) in [7, 11) is 0. The Labute approximate surface area is 207 Å². The molecule has 0 saturated carbocycles. The lowest BCUT2D eigenvalue weighted by Crippen LogP contribution is -2.29. The second-order valence-electron chi connectivity index (χ2n) is 8.30. The molecule has 1 aliphatic rings. The number of hydrogen-bond donors (Lipinski definition) is 1. The Morgan fingerprint density at radius 3 is 2.61 bits per heavy atom. The molecule has 9 nitrogen and oxygen atoms in total. The van der Waals surface area contributed by atoms with Crippen LogP contribution in [0.5, 0.6) is 0 Å². The molecule has 3 aromatic rings. The van der Waals surface area contributed by atoms with Gasteiger partial charge in [-0.05, 0) is 37.1 Å². The van der Waals surface area contributed by atoms with Crippen molar-refractivity contribution in [3.8, 4) is 17.2 Å². The Balaban J connectivity index is 1.76. The largest absolute Gasteiger partial charge is 0.462 e. The monoisotopic (exact) mass is 484 g/mol. The highest BCUT2D eigenvalue weighted by molar-refractivity contribution is 5.96. The molecule has 2 heterocycles. The summed E-state index contributed by atoms with van der Waals surface area (Å²) in [6, 6.07) is 19.8. The fourth-order valence-electron chi connectivity index (χ4n) is 4.38. The third kappa shape index (κ3) is 5.03. The van der Waals surface area contributed by atoms with Crippen molar-refractivity contribution in [1.29, 1.82) is 5.26 Å². The summed E-state index contributed by atoms with van der Waals surface area (Å²) >= 11 is 0. The normalized spacial score (nSPS) is 15.3. The number of hydrogen-bond acceptors (Lipinski definition) is 8. The molecule has 1 unspecified atom stereocenters. The van der Waals surface area contributed by atoms with Crippen LogP contribution in [-0.2, 0) is 14.4 Å². The van der Waals surface area contributed by atoms with E-state index >= 15 is 0 Å². The summed E-state index contributed by atoms with van der Waals surface area (Å²) in [5.41, 5.74) is 5.36. The van der Waals surface area contributed by atoms with E-state index in [9.17, 15) is 20.2 Å². The molecular weight excluding hydrogens is 460 g/mol. The predicted molar refractivity (Wildman–Crippen MR) is 133 cm³/mol. The van der Waals surface area contributed by atoms with E-state index in [1.807, 2.05) is 54.6 Å². The van der Waals surface area contributed by atoms with E-state index in [1.54, 1.807) is 20.0 Å². The van der Waals surface area contributed by atoms with Gasteiger partial charge in [-0.2, -0.15) is 5.26 Å². The third-order valence-corrected chi connectivity index (χ3v) is 6.00. The van der Waals surface area contributed by atoms with Gasteiger partial charge in [0.2, 0.25) is 0 Å². The van der Waals surface area contributed by atoms with Crippen LogP contribution in [0.2, 0.25) is 0 Å². The average Bonchev–Trinajstić information content (AvgIpc) is 2.87. The number of benzene rings is 2. The number of nitrogens with one attached hydrogen (secondary N) is 1. The zero-order chi connectivity index (χ0) is 25.7. The number of carbonyl (C=O) groups is 1. The lowest BCUT2D eigenvalue weighted by Gasteiger charge is -2.29. The SMILES string of the molecule is CC1=C(C#N)C(c2cccc3ncc(-c4ccccc4)cc23)C(C(=O)OCCCO[N+](=O)[O-])=C(C)N1. The molecule has 182 valence electrons. The molecule has 0 radical (unpaired) electrons. The van der Waals surface area contributed by atoms with Gasteiger partial charge in [-0.1, -0.05) is 42.5 Å². The highest BCUT2D eigenvalue weighted by Gasteiger charge is 2.35. The number of nitrogens with zero attached hydrogens (tertiary/aromatic N) is 3. The molecule has 1 aromatic heterocycles. The zero-order valence-electron chi connectivity index (χ0n) is 19.9. The highest BCUT2D eigenvalue weighted by atomic mass is 16.9. The average molecular weight is 485 g/mol. The van der Waals surface area contributed by atoms with E-state index in [1.165, 1.54) is 0 Å². The van der Waals surface area contributed by atoms with Crippen molar-refractivity contribution >= 4 is 16.9 Å². The third-order valence-electron chi connectivity index (χ3n) is 6.00. The first-order chi connectivity index (χ1) is 17.4. The summed E-state index contributed by atoms with van der Waals surface area (Å²) in [4.78, 5) is 32.5. The number of nitriles is 1. The number of carbonyl (C=O) groups excluding carboxylic acids is 1. The van der Waals surface area contributed by atoms with Gasteiger partial charge in [0, 0.05) is 35.0 Å². The van der Waals surface area contributed by atoms with Crippen LogP contribution >= 0.6 is 0 Å². The molecule has 2 aromatic carbocycles. The minimum absolute atomic E-state index is 0.0595. The minimum Gasteiger partial charge on any atom is -0.462 e. The van der Waals surface area contributed by atoms with Gasteiger partial charge in [-0.25, -0.2) is 4.79 Å². The summed E-state index contributed by atoms with van der Waals surface area (Å²) < 4.78 is 5.43. The van der Waals surface area contributed by atoms with Gasteiger partial charge in [0.15, 0.2) is 0 Å². The fraction of sp³-hybridized carbons (Fsp3) is 0.222. The summed E-state index contributed by atoms with van der Waals surface area (Å²) in [6.45, 7) is 3.32. The Bertz CT molecular complexity index is 1420. The van der Waals surface area contributed by atoms with Gasteiger partial charge in [0.05, 0.1) is 41.9 Å². The minimum atomic E-state index is -0.888. The van der Waals surface area contributed by atoms with Crippen LogP contribution in [-0.4, -0.2) is 29.3 Å². The maximum Gasteiger partial charge on any atom is 0.336 e. The van der Waals surface area contributed by atoms with Crippen LogP contribution in [0.4, 0.5) is 0 Å². The van der Waals surface area contributed by atoms with Crippen LogP contribution in [0, 0.1) is 21.4 Å². The number of allylic oxidation sites excluding steroid dienone is 3. The standard InChI is InChI=1S/C27H24N4O5/c1-17-23(15-28)26(25(18(2)30-17)27(32)35-12-7-13-36-31(33)34)21-10-6-11-24-22(21)14-20(16-29-24)19-8-4-3-5-9-19/h3-6,8-11,14,16,26,30H,7,12-13H2,1-2H3. The number of dihydropyridines is 1. The first kappa shape index (κ1) is 24.4. The van der Waals surface area contributed by atoms with E-state index in [-0.39, 0.29) is 19.6 Å². The van der Waals surface area contributed by atoms with Crippen molar-refractivity contribution in [2.24, 2.45) is 0 Å². The van der Waals surface area contributed by atoms with Crippen molar-refractivity contribution in [3.63, 3.8) is 0 Å². The highest BCUT2D eigenvalue weighted by Crippen LogP contribution is 2.41. The maximum absolute atomic E-state index is 13.2. The van der Waals surface area contributed by atoms with E-state index in [0.717, 1.165) is 27.6 Å². The number of rotatable bonds is 8. The number of fused-ring (bicyclic) bond motifs is 1. The lowest BCUT2D eigenvalue weighted by molar-refractivity contribution is -0.757. The van der Waals surface area contributed by atoms with Crippen molar-refractivity contribution in [2.45, 2.75) is 26.2 Å². The second kappa shape index (κ2) is 10.7. The molecule has 1 atom stereocenters. The van der Waals surface area contributed by atoms with Crippen LogP contribution in [0.3, 0.4) is 0 Å². The van der Waals surface area contributed by atoms with Crippen LogP contribution in [0.25, 0.3) is 22.0 Å². The molecule has 0 bridgehead atoms. The van der Waals surface area contributed by atoms with Gasteiger partial charge >= 0.3 is 5.97 Å². The van der Waals surface area contributed by atoms with E-state index in [2.05, 4.69) is 21.2 Å². The molecule has 0 amide bonds. The Kier molecular flexibility index (Phi) is 7.25. The van der Waals surface area contributed by atoms with Crippen molar-refractivity contribution in [3.05, 3.63) is 99.0 Å². The molecule has 4 rings (SSSR count). The van der Waals surface area contributed by atoms with Crippen LogP contribution in [0.15, 0.2) is 83.3 Å². The fourth-order valence-corrected chi connectivity index (χ4v) is 4.38. The molecule has 1 N–H and O–H groups in total. The summed E-state index contributed by atoms with van der Waals surface area (Å²) in [5, 5.41) is 23.4. The van der Waals surface area contributed by atoms with E-state index in [0.29, 0.717) is 22.5 Å². The molecule has 0 spiro atoms. The molecule has 0 fully saturated rings. The van der Waals surface area contributed by atoms with Crippen LogP contribution < -0.4 is 5.32 Å². The first-order valence-electron chi connectivity index (χ1n) is 11.4. The zero-order valence-corrected chi connectivity index (χ0v) is 19.9. The molecule has 9 heteroatoms. The second-order valence-corrected chi connectivity index (χ2v) is 8.30. The maximum atomic E-state index is 13.2. The molecule has 0 aliphatic carbocycles. The topological polar surface area (TPSA) is 127 Å². The molecule has 0 saturated heterocycles. The predicted octanol–water partition coefficient (Wildman–Crippen LogP) is 4.80.